The van der Waals surface area contributed by atoms with Gasteiger partial charge in [-0.25, -0.2) is 0 Å². The van der Waals surface area contributed by atoms with Crippen LogP contribution in [0.1, 0.15) is 5.56 Å². The Morgan fingerprint density at radius 2 is 1.84 bits per heavy atom. The Morgan fingerprint density at radius 3 is 2.42 bits per heavy atom. The van der Waals surface area contributed by atoms with E-state index in [1.807, 2.05) is 0 Å². The number of carbonyl (C=O) groups is 1. The minimum atomic E-state index is -0.951. The Morgan fingerprint density at radius 1 is 1.21 bits per heavy atom. The Hall–Kier alpha value is -1.78. The van der Waals surface area contributed by atoms with Gasteiger partial charge in [-0.2, -0.15) is 0 Å². The van der Waals surface area contributed by atoms with Gasteiger partial charge in [0, 0.05) is 15.6 Å². The first-order valence-electron chi connectivity index (χ1n) is 5.38. The molecule has 0 fully saturated rings. The molecule has 98 valence electrons. The van der Waals surface area contributed by atoms with Gasteiger partial charge in [-0.15, -0.1) is 0 Å². The van der Waals surface area contributed by atoms with Gasteiger partial charge in [0.05, 0.1) is 24.0 Å². The van der Waals surface area contributed by atoms with Crippen molar-refractivity contribution in [1.29, 1.82) is 0 Å². The molecular formula is C13H10Cl2N2O2. The van der Waals surface area contributed by atoms with E-state index in [-0.39, 0.29) is 6.42 Å². The highest BCUT2D eigenvalue weighted by molar-refractivity contribution is 6.35. The quantitative estimate of drug-likeness (QED) is 0.911. The van der Waals surface area contributed by atoms with Crippen LogP contribution >= 0.6 is 23.2 Å². The third-order valence-corrected chi connectivity index (χ3v) is 2.96. The number of hydrogen-bond donors (Lipinski definition) is 2. The summed E-state index contributed by atoms with van der Waals surface area (Å²) in [6.45, 7) is 0. The van der Waals surface area contributed by atoms with Crippen molar-refractivity contribution in [2.45, 2.75) is 6.42 Å². The van der Waals surface area contributed by atoms with Crippen LogP contribution in [0.4, 0.5) is 5.69 Å². The first-order valence-corrected chi connectivity index (χ1v) is 6.14. The molecule has 2 aromatic rings. The standard InChI is InChI=1S/C13H10Cl2N2O2/c14-9-1-8(2-10(15)5-9)12-3-7(4-13(18)19)11(16)6-17-12/h1-3,5-6H,4,16H2,(H,18,19). The van der Waals surface area contributed by atoms with Gasteiger partial charge in [-0.3, -0.25) is 9.78 Å². The molecule has 2 rings (SSSR count). The number of rotatable bonds is 3. The van der Waals surface area contributed by atoms with E-state index in [1.165, 1.54) is 6.20 Å². The summed E-state index contributed by atoms with van der Waals surface area (Å²) in [6.07, 6.45) is 1.28. The molecular weight excluding hydrogens is 287 g/mol. The molecule has 1 aromatic carbocycles. The van der Waals surface area contributed by atoms with E-state index in [0.29, 0.717) is 32.6 Å². The van der Waals surface area contributed by atoms with Crippen LogP contribution in [0.15, 0.2) is 30.5 Å². The zero-order chi connectivity index (χ0) is 14.0. The topological polar surface area (TPSA) is 76.2 Å². The monoisotopic (exact) mass is 296 g/mol. The number of anilines is 1. The molecule has 0 radical (unpaired) electrons. The number of nitrogens with two attached hydrogens (primary N) is 1. The summed E-state index contributed by atoms with van der Waals surface area (Å²) in [5.41, 5.74) is 7.84. The van der Waals surface area contributed by atoms with Gasteiger partial charge in [-0.05, 0) is 29.8 Å². The summed E-state index contributed by atoms with van der Waals surface area (Å²) in [6, 6.07) is 6.65. The fourth-order valence-electron chi connectivity index (χ4n) is 1.68. The summed E-state index contributed by atoms with van der Waals surface area (Å²) in [4.78, 5) is 14.9. The Balaban J connectivity index is 2.47. The minimum absolute atomic E-state index is 0.157. The van der Waals surface area contributed by atoms with E-state index in [2.05, 4.69) is 4.98 Å². The van der Waals surface area contributed by atoms with Crippen molar-refractivity contribution in [1.82, 2.24) is 4.98 Å². The fourth-order valence-corrected chi connectivity index (χ4v) is 2.21. The van der Waals surface area contributed by atoms with Crippen molar-refractivity contribution >= 4 is 34.9 Å². The van der Waals surface area contributed by atoms with Crippen LogP contribution in [0.25, 0.3) is 11.3 Å². The van der Waals surface area contributed by atoms with E-state index in [0.717, 1.165) is 0 Å². The highest BCUT2D eigenvalue weighted by Gasteiger charge is 2.09. The van der Waals surface area contributed by atoms with Gasteiger partial charge in [0.2, 0.25) is 0 Å². The van der Waals surface area contributed by atoms with Crippen LogP contribution < -0.4 is 5.73 Å². The molecule has 0 saturated carbocycles. The minimum Gasteiger partial charge on any atom is -0.481 e. The van der Waals surface area contributed by atoms with Crippen molar-refractivity contribution in [3.05, 3.63) is 46.1 Å². The second kappa shape index (κ2) is 5.47. The third-order valence-electron chi connectivity index (χ3n) is 2.52. The second-order valence-electron chi connectivity index (χ2n) is 4.00. The number of nitrogen functional groups attached to an aromatic ring is 1. The first-order chi connectivity index (χ1) is 8.95. The largest absolute Gasteiger partial charge is 0.481 e. The summed E-state index contributed by atoms with van der Waals surface area (Å²) in [5, 5.41) is 9.80. The zero-order valence-corrected chi connectivity index (χ0v) is 11.2. The van der Waals surface area contributed by atoms with Crippen LogP contribution in [0.3, 0.4) is 0 Å². The van der Waals surface area contributed by atoms with Crippen LogP contribution in [-0.4, -0.2) is 16.1 Å². The summed E-state index contributed by atoms with van der Waals surface area (Å²) in [7, 11) is 0. The lowest BCUT2D eigenvalue weighted by molar-refractivity contribution is -0.136. The molecule has 0 bridgehead atoms. The smallest absolute Gasteiger partial charge is 0.307 e. The maximum atomic E-state index is 10.8. The average molecular weight is 297 g/mol. The highest BCUT2D eigenvalue weighted by atomic mass is 35.5. The summed E-state index contributed by atoms with van der Waals surface area (Å²) < 4.78 is 0. The number of carboxylic acids is 1. The lowest BCUT2D eigenvalue weighted by atomic mass is 10.1. The van der Waals surface area contributed by atoms with Crippen molar-refractivity contribution in [2.24, 2.45) is 0 Å². The van der Waals surface area contributed by atoms with Crippen LogP contribution in [0.2, 0.25) is 10.0 Å². The van der Waals surface area contributed by atoms with Crippen molar-refractivity contribution < 1.29 is 9.90 Å². The molecule has 0 unspecified atom stereocenters. The predicted molar refractivity (Wildman–Crippen MR) is 75.4 cm³/mol. The van der Waals surface area contributed by atoms with Crippen molar-refractivity contribution in [3.8, 4) is 11.3 Å². The molecule has 0 saturated heterocycles. The normalized spacial score (nSPS) is 10.4. The van der Waals surface area contributed by atoms with Gasteiger partial charge in [-0.1, -0.05) is 23.2 Å². The fraction of sp³-hybridized carbons (Fsp3) is 0.0769. The lowest BCUT2D eigenvalue weighted by Gasteiger charge is -2.07. The molecule has 0 spiro atoms. The Kier molecular flexibility index (Phi) is 3.93. The predicted octanol–water partition coefficient (Wildman–Crippen LogP) is 3.26. The highest BCUT2D eigenvalue weighted by Crippen LogP contribution is 2.27. The molecule has 3 N–H and O–H groups in total. The molecule has 1 heterocycles. The third kappa shape index (κ3) is 3.36. The summed E-state index contributed by atoms with van der Waals surface area (Å²) >= 11 is 11.8. The number of nitrogens with zero attached hydrogens (tertiary/aromatic N) is 1. The van der Waals surface area contributed by atoms with E-state index in [9.17, 15) is 4.79 Å². The Labute approximate surface area is 119 Å². The molecule has 0 aliphatic carbocycles. The van der Waals surface area contributed by atoms with Gasteiger partial charge >= 0.3 is 5.97 Å². The van der Waals surface area contributed by atoms with E-state index in [4.69, 9.17) is 34.0 Å². The summed E-state index contributed by atoms with van der Waals surface area (Å²) in [5.74, 6) is -0.951. The zero-order valence-electron chi connectivity index (χ0n) is 9.73. The van der Waals surface area contributed by atoms with Crippen LogP contribution in [-0.2, 0) is 11.2 Å². The Bertz CT molecular complexity index is 624. The van der Waals surface area contributed by atoms with Crippen molar-refractivity contribution in [2.75, 3.05) is 5.73 Å². The van der Waals surface area contributed by atoms with Gasteiger partial charge < -0.3 is 10.8 Å². The number of benzene rings is 1. The SMILES string of the molecule is Nc1cnc(-c2cc(Cl)cc(Cl)c2)cc1CC(=O)O. The van der Waals surface area contributed by atoms with Gasteiger partial charge in [0.1, 0.15) is 0 Å². The van der Waals surface area contributed by atoms with E-state index < -0.39 is 5.97 Å². The van der Waals surface area contributed by atoms with Crippen molar-refractivity contribution in [3.63, 3.8) is 0 Å². The number of hydrogen-bond acceptors (Lipinski definition) is 3. The van der Waals surface area contributed by atoms with E-state index >= 15 is 0 Å². The number of halogens is 2. The number of carboxylic acid groups (broad SMARTS) is 1. The molecule has 0 atom stereocenters. The molecule has 0 amide bonds. The van der Waals surface area contributed by atoms with E-state index in [1.54, 1.807) is 24.3 Å². The second-order valence-corrected chi connectivity index (χ2v) is 4.87. The molecule has 1 aromatic heterocycles. The molecule has 0 aliphatic heterocycles. The lowest BCUT2D eigenvalue weighted by Crippen LogP contribution is -2.04. The maximum absolute atomic E-state index is 10.8. The molecule has 6 heteroatoms. The average Bonchev–Trinajstić information content (AvgIpc) is 2.30. The van der Waals surface area contributed by atoms with Gasteiger partial charge in [0.25, 0.3) is 0 Å². The number of aromatic nitrogens is 1. The number of pyridine rings is 1. The molecule has 19 heavy (non-hydrogen) atoms. The molecule has 4 nitrogen and oxygen atoms in total. The van der Waals surface area contributed by atoms with Gasteiger partial charge in [0.15, 0.2) is 0 Å². The van der Waals surface area contributed by atoms with Crippen LogP contribution in [0, 0.1) is 0 Å². The first kappa shape index (κ1) is 13.6. The maximum Gasteiger partial charge on any atom is 0.307 e. The number of aliphatic carboxylic acids is 1. The molecule has 0 aliphatic rings. The van der Waals surface area contributed by atoms with Crippen LogP contribution in [0.5, 0.6) is 0 Å².